The highest BCUT2D eigenvalue weighted by Gasteiger charge is 2.17. The van der Waals surface area contributed by atoms with Crippen molar-refractivity contribution in [2.75, 3.05) is 18.8 Å². The lowest BCUT2D eigenvalue weighted by molar-refractivity contribution is -0.113. The number of hydrogen-bond acceptors (Lipinski definition) is 6. The largest absolute Gasteiger partial charge is 0.454 e. The predicted octanol–water partition coefficient (Wildman–Crippen LogP) is 4.00. The quantitative estimate of drug-likeness (QED) is 0.603. The Morgan fingerprint density at radius 1 is 1.38 bits per heavy atom. The van der Waals surface area contributed by atoms with Gasteiger partial charge in [-0.1, -0.05) is 17.4 Å². The fraction of sp³-hybridized carbons (Fsp3) is 0.222. The summed E-state index contributed by atoms with van der Waals surface area (Å²) in [6.07, 6.45) is 5.38. The van der Waals surface area contributed by atoms with Gasteiger partial charge in [0.2, 0.25) is 6.79 Å². The number of ether oxygens (including phenoxy) is 2. The second-order valence-electron chi connectivity index (χ2n) is 5.50. The molecule has 1 aromatic carbocycles. The van der Waals surface area contributed by atoms with E-state index in [2.05, 4.69) is 15.8 Å². The Morgan fingerprint density at radius 2 is 2.23 bits per heavy atom. The summed E-state index contributed by atoms with van der Waals surface area (Å²) in [7, 11) is 0. The summed E-state index contributed by atoms with van der Waals surface area (Å²) < 4.78 is 14.1. The number of carbonyl (C=O) groups excluding carboxylic acids is 1. The van der Waals surface area contributed by atoms with Crippen molar-refractivity contribution >= 4 is 56.6 Å². The van der Waals surface area contributed by atoms with Crippen LogP contribution in [0.1, 0.15) is 4.88 Å². The molecule has 3 heterocycles. The van der Waals surface area contributed by atoms with Crippen molar-refractivity contribution < 1.29 is 14.3 Å². The molecule has 0 saturated heterocycles. The molecular weight excluding hydrogens is 388 g/mol. The van der Waals surface area contributed by atoms with Gasteiger partial charge in [0.15, 0.2) is 16.3 Å². The first-order chi connectivity index (χ1) is 12.7. The third-order valence-electron chi connectivity index (χ3n) is 3.84. The van der Waals surface area contributed by atoms with Crippen molar-refractivity contribution in [3.8, 4) is 11.5 Å². The standard InChI is InChI=1S/C18H16N2O3S3/c1-24-8-6-20-13-9-14-15(23-11-22-14)10-16(13)26-18(20)19-17(21)5-4-12-3-2-7-25-12/h2-5,7,9-10H,6,8,11H2,1H3/b5-4+,19-18?. The molecule has 0 bridgehead atoms. The number of hydrogen-bond donors (Lipinski definition) is 0. The van der Waals surface area contributed by atoms with Crippen LogP contribution in [0.4, 0.5) is 0 Å². The molecule has 0 aliphatic carbocycles. The molecule has 0 atom stereocenters. The number of amides is 1. The van der Waals surface area contributed by atoms with Crippen molar-refractivity contribution in [1.82, 2.24) is 4.57 Å². The van der Waals surface area contributed by atoms with Crippen LogP contribution >= 0.6 is 34.4 Å². The molecule has 5 nitrogen and oxygen atoms in total. The highest BCUT2D eigenvalue weighted by molar-refractivity contribution is 7.98. The van der Waals surface area contributed by atoms with E-state index in [1.54, 1.807) is 29.2 Å². The Bertz CT molecular complexity index is 1030. The Kier molecular flexibility index (Phi) is 5.14. The second-order valence-corrected chi connectivity index (χ2v) is 8.48. The third-order valence-corrected chi connectivity index (χ3v) is 6.30. The zero-order chi connectivity index (χ0) is 17.9. The van der Waals surface area contributed by atoms with Crippen LogP contribution in [0, 0.1) is 0 Å². The maximum absolute atomic E-state index is 12.3. The molecule has 0 unspecified atom stereocenters. The molecule has 1 amide bonds. The van der Waals surface area contributed by atoms with Crippen LogP contribution in [0.3, 0.4) is 0 Å². The smallest absolute Gasteiger partial charge is 0.272 e. The molecule has 4 rings (SSSR count). The number of thioether (sulfide) groups is 1. The molecule has 8 heteroatoms. The first-order valence-electron chi connectivity index (χ1n) is 7.97. The van der Waals surface area contributed by atoms with Crippen LogP contribution in [0.15, 0.2) is 40.7 Å². The molecule has 0 N–H and O–H groups in total. The van der Waals surface area contributed by atoms with Crippen LogP contribution in [-0.2, 0) is 11.3 Å². The molecule has 0 radical (unpaired) electrons. The molecule has 2 aromatic heterocycles. The number of rotatable bonds is 5. The van der Waals surface area contributed by atoms with Crippen LogP contribution < -0.4 is 14.3 Å². The van der Waals surface area contributed by atoms with Gasteiger partial charge >= 0.3 is 0 Å². The lowest BCUT2D eigenvalue weighted by Crippen LogP contribution is -2.17. The number of benzene rings is 1. The van der Waals surface area contributed by atoms with Crippen LogP contribution in [-0.4, -0.2) is 29.3 Å². The van der Waals surface area contributed by atoms with E-state index in [0.29, 0.717) is 4.80 Å². The van der Waals surface area contributed by atoms with Crippen molar-refractivity contribution in [2.24, 2.45) is 4.99 Å². The van der Waals surface area contributed by atoms with E-state index in [9.17, 15) is 4.79 Å². The van der Waals surface area contributed by atoms with Gasteiger partial charge in [-0.3, -0.25) is 4.79 Å². The van der Waals surface area contributed by atoms with Gasteiger partial charge in [-0.15, -0.1) is 11.3 Å². The second kappa shape index (κ2) is 7.69. The monoisotopic (exact) mass is 404 g/mol. The SMILES string of the molecule is CSCCn1c(=NC(=O)/C=C/c2cccs2)sc2cc3c(cc21)OCO3. The topological polar surface area (TPSA) is 52.8 Å². The minimum absolute atomic E-state index is 0.251. The van der Waals surface area contributed by atoms with E-state index < -0.39 is 0 Å². The third kappa shape index (κ3) is 3.58. The minimum Gasteiger partial charge on any atom is -0.454 e. The Labute approximate surface area is 162 Å². The van der Waals surface area contributed by atoms with Gasteiger partial charge in [0.25, 0.3) is 5.91 Å². The summed E-state index contributed by atoms with van der Waals surface area (Å²) in [5.74, 6) is 2.16. The van der Waals surface area contributed by atoms with E-state index in [-0.39, 0.29) is 12.7 Å². The minimum atomic E-state index is -0.261. The average molecular weight is 405 g/mol. The number of nitrogens with zero attached hydrogens (tertiary/aromatic N) is 2. The van der Waals surface area contributed by atoms with Crippen molar-refractivity contribution in [2.45, 2.75) is 6.54 Å². The first kappa shape index (κ1) is 17.4. The normalized spacial score (nSPS) is 14.0. The summed E-state index contributed by atoms with van der Waals surface area (Å²) in [6.45, 7) is 1.03. The van der Waals surface area contributed by atoms with E-state index in [1.165, 1.54) is 17.4 Å². The zero-order valence-corrected chi connectivity index (χ0v) is 16.5. The van der Waals surface area contributed by atoms with Crippen molar-refractivity contribution in [3.05, 3.63) is 45.4 Å². The van der Waals surface area contributed by atoms with Crippen LogP contribution in [0.5, 0.6) is 11.5 Å². The summed E-state index contributed by atoms with van der Waals surface area (Å²) in [5, 5.41) is 1.98. The first-order valence-corrected chi connectivity index (χ1v) is 11.1. The summed E-state index contributed by atoms with van der Waals surface area (Å²) in [6, 6.07) is 7.86. The maximum Gasteiger partial charge on any atom is 0.272 e. The summed E-state index contributed by atoms with van der Waals surface area (Å²) >= 11 is 4.84. The van der Waals surface area contributed by atoms with Gasteiger partial charge in [0, 0.05) is 35.4 Å². The summed E-state index contributed by atoms with van der Waals surface area (Å²) in [4.78, 5) is 18.3. The number of thiophene rings is 1. The van der Waals surface area contributed by atoms with Gasteiger partial charge in [-0.25, -0.2) is 0 Å². The van der Waals surface area contributed by atoms with Crippen LogP contribution in [0.25, 0.3) is 16.3 Å². The molecule has 0 spiro atoms. The highest BCUT2D eigenvalue weighted by Crippen LogP contribution is 2.37. The fourth-order valence-corrected chi connectivity index (χ4v) is 4.67. The Balaban J connectivity index is 1.74. The Morgan fingerprint density at radius 3 is 3.00 bits per heavy atom. The molecule has 0 fully saturated rings. The number of aryl methyl sites for hydroxylation is 1. The molecule has 134 valence electrons. The van der Waals surface area contributed by atoms with Crippen molar-refractivity contribution in [1.29, 1.82) is 0 Å². The summed E-state index contributed by atoms with van der Waals surface area (Å²) in [5.41, 5.74) is 1.02. The molecule has 1 aliphatic heterocycles. The lowest BCUT2D eigenvalue weighted by atomic mass is 10.3. The van der Waals surface area contributed by atoms with Gasteiger partial charge in [0.1, 0.15) is 0 Å². The van der Waals surface area contributed by atoms with E-state index >= 15 is 0 Å². The van der Waals surface area contributed by atoms with Gasteiger partial charge in [-0.05, 0) is 23.8 Å². The van der Waals surface area contributed by atoms with Crippen molar-refractivity contribution in [3.63, 3.8) is 0 Å². The van der Waals surface area contributed by atoms with E-state index in [0.717, 1.165) is 38.9 Å². The molecule has 26 heavy (non-hydrogen) atoms. The number of aromatic nitrogens is 1. The molecular formula is C18H16N2O3S3. The van der Waals surface area contributed by atoms with Crippen LogP contribution in [0.2, 0.25) is 0 Å². The Hall–Kier alpha value is -2.03. The van der Waals surface area contributed by atoms with E-state index in [4.69, 9.17) is 9.47 Å². The maximum atomic E-state index is 12.3. The molecule has 0 saturated carbocycles. The van der Waals surface area contributed by atoms with Gasteiger partial charge < -0.3 is 14.0 Å². The van der Waals surface area contributed by atoms with Gasteiger partial charge in [-0.2, -0.15) is 16.8 Å². The molecule has 3 aromatic rings. The number of carbonyl (C=O) groups is 1. The molecule has 1 aliphatic rings. The van der Waals surface area contributed by atoms with Gasteiger partial charge in [0.05, 0.1) is 10.2 Å². The zero-order valence-electron chi connectivity index (χ0n) is 14.0. The number of fused-ring (bicyclic) bond motifs is 2. The average Bonchev–Trinajstić information content (AvgIpc) is 3.36. The number of thiazole rings is 1. The highest BCUT2D eigenvalue weighted by atomic mass is 32.2. The fourth-order valence-electron chi connectivity index (χ4n) is 2.61. The lowest BCUT2D eigenvalue weighted by Gasteiger charge is -2.04. The predicted molar refractivity (Wildman–Crippen MR) is 108 cm³/mol. The van der Waals surface area contributed by atoms with E-state index in [1.807, 2.05) is 29.6 Å².